The SMILES string of the molecule is CCCS(=O)(=O)N(CCCl)C1CC1. The number of hydrogen-bond donors (Lipinski definition) is 0. The van der Waals surface area contributed by atoms with Crippen LogP contribution < -0.4 is 0 Å². The van der Waals surface area contributed by atoms with E-state index in [-0.39, 0.29) is 11.8 Å². The Morgan fingerprint density at radius 3 is 2.46 bits per heavy atom. The quantitative estimate of drug-likeness (QED) is 0.642. The lowest BCUT2D eigenvalue weighted by atomic mass is 10.6. The second-order valence-electron chi connectivity index (χ2n) is 3.35. The zero-order chi connectivity index (χ0) is 9.90. The molecule has 0 heterocycles. The predicted molar refractivity (Wildman–Crippen MR) is 54.5 cm³/mol. The van der Waals surface area contributed by atoms with Crippen LogP contribution >= 0.6 is 11.6 Å². The maximum Gasteiger partial charge on any atom is 0.214 e. The van der Waals surface area contributed by atoms with Gasteiger partial charge < -0.3 is 0 Å². The molecule has 0 aromatic heterocycles. The minimum Gasteiger partial charge on any atom is -0.212 e. The molecule has 0 spiro atoms. The third-order valence-corrected chi connectivity index (χ3v) is 4.37. The molecule has 0 bridgehead atoms. The third kappa shape index (κ3) is 3.11. The van der Waals surface area contributed by atoms with Crippen molar-refractivity contribution in [2.24, 2.45) is 0 Å². The lowest BCUT2D eigenvalue weighted by molar-refractivity contribution is 0.422. The average molecular weight is 226 g/mol. The van der Waals surface area contributed by atoms with Crippen LogP contribution in [0, 0.1) is 0 Å². The summed E-state index contributed by atoms with van der Waals surface area (Å²) >= 11 is 5.57. The molecule has 1 rings (SSSR count). The van der Waals surface area contributed by atoms with E-state index in [0.29, 0.717) is 18.8 Å². The first-order valence-corrected chi connectivity index (χ1v) is 6.81. The van der Waals surface area contributed by atoms with E-state index < -0.39 is 10.0 Å². The van der Waals surface area contributed by atoms with E-state index in [1.165, 1.54) is 0 Å². The maximum absolute atomic E-state index is 11.7. The molecule has 13 heavy (non-hydrogen) atoms. The van der Waals surface area contributed by atoms with Crippen molar-refractivity contribution in [1.29, 1.82) is 0 Å². The molecule has 3 nitrogen and oxygen atoms in total. The van der Waals surface area contributed by atoms with Crippen molar-refractivity contribution in [3.8, 4) is 0 Å². The zero-order valence-electron chi connectivity index (χ0n) is 7.87. The average Bonchev–Trinajstić information content (AvgIpc) is 2.82. The van der Waals surface area contributed by atoms with Gasteiger partial charge in [0.2, 0.25) is 10.0 Å². The fraction of sp³-hybridized carbons (Fsp3) is 1.00. The Hall–Kier alpha value is 0.200. The highest BCUT2D eigenvalue weighted by Crippen LogP contribution is 2.29. The Balaban J connectivity index is 2.61. The van der Waals surface area contributed by atoms with E-state index in [4.69, 9.17) is 11.6 Å². The first kappa shape index (κ1) is 11.3. The summed E-state index contributed by atoms with van der Waals surface area (Å²) in [5.41, 5.74) is 0. The van der Waals surface area contributed by atoms with Gasteiger partial charge in [0.25, 0.3) is 0 Å². The molecule has 5 heteroatoms. The molecule has 0 N–H and O–H groups in total. The largest absolute Gasteiger partial charge is 0.214 e. The van der Waals surface area contributed by atoms with Crippen LogP contribution in [0.15, 0.2) is 0 Å². The van der Waals surface area contributed by atoms with E-state index in [0.717, 1.165) is 12.8 Å². The molecule has 0 saturated heterocycles. The normalized spacial score (nSPS) is 18.1. The summed E-state index contributed by atoms with van der Waals surface area (Å²) < 4.78 is 24.9. The van der Waals surface area contributed by atoms with E-state index in [1.807, 2.05) is 6.92 Å². The topological polar surface area (TPSA) is 37.4 Å². The van der Waals surface area contributed by atoms with Gasteiger partial charge in [-0.3, -0.25) is 0 Å². The number of sulfonamides is 1. The van der Waals surface area contributed by atoms with Crippen molar-refractivity contribution in [2.45, 2.75) is 32.2 Å². The Morgan fingerprint density at radius 2 is 2.08 bits per heavy atom. The van der Waals surface area contributed by atoms with Gasteiger partial charge in [-0.05, 0) is 19.3 Å². The third-order valence-electron chi connectivity index (χ3n) is 2.08. The predicted octanol–water partition coefficient (Wildman–Crippen LogP) is 1.43. The molecular formula is C8H16ClNO2S. The van der Waals surface area contributed by atoms with Crippen molar-refractivity contribution in [1.82, 2.24) is 4.31 Å². The second kappa shape index (κ2) is 4.62. The van der Waals surface area contributed by atoms with Gasteiger partial charge in [0.05, 0.1) is 5.75 Å². The fourth-order valence-corrected chi connectivity index (χ4v) is 3.44. The number of hydrogen-bond acceptors (Lipinski definition) is 2. The fourth-order valence-electron chi connectivity index (χ4n) is 1.37. The highest BCUT2D eigenvalue weighted by Gasteiger charge is 2.35. The standard InChI is InChI=1S/C8H16ClNO2S/c1-2-7-13(11,12)10(6-5-9)8-3-4-8/h8H,2-7H2,1H3. The van der Waals surface area contributed by atoms with Crippen LogP contribution in [0.3, 0.4) is 0 Å². The molecular weight excluding hydrogens is 210 g/mol. The first-order valence-electron chi connectivity index (χ1n) is 4.67. The number of rotatable bonds is 6. The van der Waals surface area contributed by atoms with Crippen LogP contribution in [0.2, 0.25) is 0 Å². The molecule has 1 saturated carbocycles. The molecule has 0 radical (unpaired) electrons. The van der Waals surface area contributed by atoms with E-state index in [9.17, 15) is 8.42 Å². The maximum atomic E-state index is 11.7. The van der Waals surface area contributed by atoms with Gasteiger partial charge in [-0.25, -0.2) is 8.42 Å². The molecule has 0 aliphatic heterocycles. The molecule has 1 fully saturated rings. The van der Waals surface area contributed by atoms with Gasteiger partial charge in [0, 0.05) is 18.5 Å². The van der Waals surface area contributed by atoms with Gasteiger partial charge in [0.15, 0.2) is 0 Å². The van der Waals surface area contributed by atoms with Crippen molar-refractivity contribution in [3.05, 3.63) is 0 Å². The monoisotopic (exact) mass is 225 g/mol. The molecule has 0 aromatic rings. The summed E-state index contributed by atoms with van der Waals surface area (Å²) in [7, 11) is -3.02. The van der Waals surface area contributed by atoms with Crippen molar-refractivity contribution in [3.63, 3.8) is 0 Å². The molecule has 0 atom stereocenters. The highest BCUT2D eigenvalue weighted by molar-refractivity contribution is 7.89. The molecule has 78 valence electrons. The van der Waals surface area contributed by atoms with Gasteiger partial charge in [-0.15, -0.1) is 11.6 Å². The van der Waals surface area contributed by atoms with Crippen LogP contribution in [-0.4, -0.2) is 36.9 Å². The van der Waals surface area contributed by atoms with Crippen LogP contribution in [0.4, 0.5) is 0 Å². The van der Waals surface area contributed by atoms with Crippen molar-refractivity contribution in [2.75, 3.05) is 18.2 Å². The molecule has 1 aliphatic rings. The van der Waals surface area contributed by atoms with Crippen LogP contribution in [-0.2, 0) is 10.0 Å². The van der Waals surface area contributed by atoms with E-state index in [2.05, 4.69) is 0 Å². The zero-order valence-corrected chi connectivity index (χ0v) is 9.44. The van der Waals surface area contributed by atoms with E-state index in [1.54, 1.807) is 4.31 Å². The summed E-state index contributed by atoms with van der Waals surface area (Å²) in [6, 6.07) is 0.246. The molecule has 0 amide bonds. The molecule has 0 unspecified atom stereocenters. The number of nitrogens with zero attached hydrogens (tertiary/aromatic N) is 1. The summed E-state index contributed by atoms with van der Waals surface area (Å²) in [6.07, 6.45) is 2.67. The smallest absolute Gasteiger partial charge is 0.212 e. The Morgan fingerprint density at radius 1 is 1.46 bits per heavy atom. The Bertz CT molecular complexity index is 249. The summed E-state index contributed by atoms with van der Waals surface area (Å²) in [4.78, 5) is 0. The Labute approximate surface area is 85.1 Å². The van der Waals surface area contributed by atoms with Gasteiger partial charge in [0.1, 0.15) is 0 Å². The van der Waals surface area contributed by atoms with E-state index >= 15 is 0 Å². The summed E-state index contributed by atoms with van der Waals surface area (Å²) in [5, 5.41) is 0. The van der Waals surface area contributed by atoms with Gasteiger partial charge in [-0.1, -0.05) is 6.92 Å². The number of halogens is 1. The second-order valence-corrected chi connectivity index (χ2v) is 5.77. The molecule has 0 aromatic carbocycles. The minimum atomic E-state index is -3.02. The van der Waals surface area contributed by atoms with Gasteiger partial charge >= 0.3 is 0 Å². The van der Waals surface area contributed by atoms with Crippen LogP contribution in [0.1, 0.15) is 26.2 Å². The minimum absolute atomic E-state index is 0.246. The Kier molecular flexibility index (Phi) is 4.01. The first-order chi connectivity index (χ1) is 6.11. The number of alkyl halides is 1. The highest BCUT2D eigenvalue weighted by atomic mass is 35.5. The lowest BCUT2D eigenvalue weighted by Crippen LogP contribution is -2.36. The van der Waals surface area contributed by atoms with Crippen LogP contribution in [0.25, 0.3) is 0 Å². The van der Waals surface area contributed by atoms with Gasteiger partial charge in [-0.2, -0.15) is 4.31 Å². The lowest BCUT2D eigenvalue weighted by Gasteiger charge is -2.20. The molecule has 1 aliphatic carbocycles. The van der Waals surface area contributed by atoms with Crippen molar-refractivity contribution < 1.29 is 8.42 Å². The van der Waals surface area contributed by atoms with Crippen LogP contribution in [0.5, 0.6) is 0 Å². The summed E-state index contributed by atoms with van der Waals surface area (Å²) in [5.74, 6) is 0.639. The summed E-state index contributed by atoms with van der Waals surface area (Å²) in [6.45, 7) is 2.35. The van der Waals surface area contributed by atoms with Crippen molar-refractivity contribution >= 4 is 21.6 Å².